The van der Waals surface area contributed by atoms with Gasteiger partial charge in [-0.25, -0.2) is 8.42 Å². The summed E-state index contributed by atoms with van der Waals surface area (Å²) in [6.07, 6.45) is -3.68. The van der Waals surface area contributed by atoms with Crippen LogP contribution in [0, 0.1) is 10.1 Å². The van der Waals surface area contributed by atoms with Crippen LogP contribution in [-0.4, -0.2) is 38.4 Å². The lowest BCUT2D eigenvalue weighted by atomic mass is 10.1. The van der Waals surface area contributed by atoms with Gasteiger partial charge in [-0.2, -0.15) is 13.2 Å². The number of halogens is 3. The first-order valence-corrected chi connectivity index (χ1v) is 8.15. The molecular formula is C12H15F3N2O4S. The van der Waals surface area contributed by atoms with Gasteiger partial charge in [0.15, 0.2) is 0 Å². The normalized spacial score (nSPS) is 13.7. The van der Waals surface area contributed by atoms with E-state index < -0.39 is 38.2 Å². The molecule has 0 aromatic heterocycles. The molecule has 0 N–H and O–H groups in total. The van der Waals surface area contributed by atoms with Gasteiger partial charge in [-0.1, -0.05) is 0 Å². The average molecular weight is 340 g/mol. The van der Waals surface area contributed by atoms with Gasteiger partial charge in [-0.05, 0) is 19.1 Å². The second-order valence-corrected chi connectivity index (χ2v) is 7.20. The van der Waals surface area contributed by atoms with Crippen molar-refractivity contribution in [3.05, 3.63) is 33.9 Å². The Hall–Kier alpha value is -1.84. The highest BCUT2D eigenvalue weighted by Gasteiger charge is 2.34. The van der Waals surface area contributed by atoms with Crippen molar-refractivity contribution in [1.82, 2.24) is 0 Å². The van der Waals surface area contributed by atoms with Gasteiger partial charge in [0.1, 0.15) is 15.5 Å². The Kier molecular flexibility index (Phi) is 5.06. The van der Waals surface area contributed by atoms with Crippen molar-refractivity contribution in [3.8, 4) is 0 Å². The van der Waals surface area contributed by atoms with Crippen molar-refractivity contribution in [3.63, 3.8) is 0 Å². The van der Waals surface area contributed by atoms with E-state index in [1.807, 2.05) is 0 Å². The smallest absolute Gasteiger partial charge is 0.365 e. The Morgan fingerprint density at radius 2 is 1.91 bits per heavy atom. The van der Waals surface area contributed by atoms with E-state index in [9.17, 15) is 31.7 Å². The maximum Gasteiger partial charge on any atom is 0.416 e. The molecule has 0 aliphatic carbocycles. The summed E-state index contributed by atoms with van der Waals surface area (Å²) < 4.78 is 60.4. The standard InChI is InChI=1S/C12H15F3N2O4S/c1-8(7-22(3,20)21)16(2)10-5-4-9(12(13,14)15)6-11(10)17(18)19/h4-6,8H,7H2,1-3H3/t8-/m0/s1. The molecule has 0 radical (unpaired) electrons. The van der Waals surface area contributed by atoms with Gasteiger partial charge in [-0.15, -0.1) is 0 Å². The van der Waals surface area contributed by atoms with E-state index in [2.05, 4.69) is 0 Å². The van der Waals surface area contributed by atoms with Crippen molar-refractivity contribution < 1.29 is 26.5 Å². The maximum absolute atomic E-state index is 12.6. The molecule has 0 saturated carbocycles. The van der Waals surface area contributed by atoms with Crippen molar-refractivity contribution in [1.29, 1.82) is 0 Å². The van der Waals surface area contributed by atoms with Gasteiger partial charge in [-0.3, -0.25) is 10.1 Å². The highest BCUT2D eigenvalue weighted by Crippen LogP contribution is 2.36. The van der Waals surface area contributed by atoms with Gasteiger partial charge >= 0.3 is 6.18 Å². The molecule has 6 nitrogen and oxygen atoms in total. The molecule has 0 bridgehead atoms. The SMILES string of the molecule is C[C@@H](CS(C)(=O)=O)N(C)c1ccc(C(F)(F)F)cc1[N+](=O)[O-]. The lowest BCUT2D eigenvalue weighted by Gasteiger charge is -2.26. The first-order valence-electron chi connectivity index (χ1n) is 6.09. The first kappa shape index (κ1) is 18.2. The number of anilines is 1. The predicted molar refractivity (Wildman–Crippen MR) is 75.7 cm³/mol. The van der Waals surface area contributed by atoms with E-state index in [1.165, 1.54) is 18.9 Å². The summed E-state index contributed by atoms with van der Waals surface area (Å²) in [6, 6.07) is 1.51. The molecule has 22 heavy (non-hydrogen) atoms. The average Bonchev–Trinajstić information content (AvgIpc) is 2.33. The van der Waals surface area contributed by atoms with Crippen LogP contribution in [0.3, 0.4) is 0 Å². The molecule has 1 aromatic carbocycles. The third kappa shape index (κ3) is 4.58. The summed E-state index contributed by atoms with van der Waals surface area (Å²) in [6.45, 7) is 1.52. The van der Waals surface area contributed by atoms with Crippen LogP contribution in [0.1, 0.15) is 12.5 Å². The van der Waals surface area contributed by atoms with Crippen LogP contribution in [0.2, 0.25) is 0 Å². The molecule has 0 fully saturated rings. The molecule has 0 unspecified atom stereocenters. The summed E-state index contributed by atoms with van der Waals surface area (Å²) in [7, 11) is -1.94. The monoisotopic (exact) mass is 340 g/mol. The Morgan fingerprint density at radius 1 is 1.36 bits per heavy atom. The quantitative estimate of drug-likeness (QED) is 0.608. The van der Waals surface area contributed by atoms with Crippen molar-refractivity contribution >= 4 is 21.2 Å². The fourth-order valence-corrected chi connectivity index (χ4v) is 3.03. The molecule has 1 aromatic rings. The second-order valence-electron chi connectivity index (χ2n) is 5.01. The number of nitro benzene ring substituents is 1. The molecule has 1 rings (SSSR count). The van der Waals surface area contributed by atoms with Crippen LogP contribution in [-0.2, 0) is 16.0 Å². The zero-order valence-electron chi connectivity index (χ0n) is 12.1. The number of hydrogen-bond donors (Lipinski definition) is 0. The van der Waals surface area contributed by atoms with Crippen LogP contribution >= 0.6 is 0 Å². The molecule has 1 atom stereocenters. The Balaban J connectivity index is 3.27. The van der Waals surface area contributed by atoms with E-state index in [0.717, 1.165) is 18.4 Å². The molecule has 0 aliphatic heterocycles. The largest absolute Gasteiger partial charge is 0.416 e. The summed E-state index contributed by atoms with van der Waals surface area (Å²) in [4.78, 5) is 11.4. The molecule has 0 aliphatic rings. The number of hydrogen-bond acceptors (Lipinski definition) is 5. The minimum absolute atomic E-state index is 0.0749. The number of nitrogens with zero attached hydrogens (tertiary/aromatic N) is 2. The van der Waals surface area contributed by atoms with Gasteiger partial charge < -0.3 is 4.90 Å². The van der Waals surface area contributed by atoms with Crippen molar-refractivity contribution in [2.24, 2.45) is 0 Å². The zero-order valence-corrected chi connectivity index (χ0v) is 12.9. The zero-order chi connectivity index (χ0) is 17.3. The topological polar surface area (TPSA) is 80.5 Å². The number of rotatable bonds is 5. The van der Waals surface area contributed by atoms with Gasteiger partial charge in [0.05, 0.1) is 16.2 Å². The molecular weight excluding hydrogens is 325 g/mol. The lowest BCUT2D eigenvalue weighted by Crippen LogP contribution is -2.35. The minimum atomic E-state index is -4.69. The number of benzene rings is 1. The summed E-state index contributed by atoms with van der Waals surface area (Å²) in [5.41, 5.74) is -1.93. The van der Waals surface area contributed by atoms with Gasteiger partial charge in [0, 0.05) is 25.4 Å². The summed E-state index contributed by atoms with van der Waals surface area (Å²) in [5, 5.41) is 11.0. The van der Waals surface area contributed by atoms with Crippen LogP contribution < -0.4 is 4.90 Å². The molecule has 0 heterocycles. The highest BCUT2D eigenvalue weighted by molar-refractivity contribution is 7.90. The third-order valence-electron chi connectivity index (χ3n) is 3.08. The minimum Gasteiger partial charge on any atom is -0.365 e. The van der Waals surface area contributed by atoms with Crippen LogP contribution in [0.15, 0.2) is 18.2 Å². The van der Waals surface area contributed by atoms with Gasteiger partial charge in [0.2, 0.25) is 0 Å². The number of nitro groups is 1. The Labute approximate surface area is 125 Å². The lowest BCUT2D eigenvalue weighted by molar-refractivity contribution is -0.384. The second kappa shape index (κ2) is 6.11. The van der Waals surface area contributed by atoms with Crippen LogP contribution in [0.4, 0.5) is 24.5 Å². The molecule has 0 amide bonds. The van der Waals surface area contributed by atoms with Crippen molar-refractivity contribution in [2.45, 2.75) is 19.1 Å². The van der Waals surface area contributed by atoms with Gasteiger partial charge in [0.25, 0.3) is 5.69 Å². The molecule has 10 heteroatoms. The first-order chi connectivity index (χ1) is 9.83. The fraction of sp³-hybridized carbons (Fsp3) is 0.500. The highest BCUT2D eigenvalue weighted by atomic mass is 32.2. The molecule has 0 spiro atoms. The van der Waals surface area contributed by atoms with E-state index >= 15 is 0 Å². The van der Waals surface area contributed by atoms with E-state index in [1.54, 1.807) is 0 Å². The fourth-order valence-electron chi connectivity index (χ4n) is 1.93. The maximum atomic E-state index is 12.6. The predicted octanol–water partition coefficient (Wildman–Crippen LogP) is 2.48. The molecule has 0 saturated heterocycles. The van der Waals surface area contributed by atoms with Crippen LogP contribution in [0.5, 0.6) is 0 Å². The van der Waals surface area contributed by atoms with Crippen molar-refractivity contribution in [2.75, 3.05) is 24.0 Å². The van der Waals surface area contributed by atoms with Crippen LogP contribution in [0.25, 0.3) is 0 Å². The summed E-state index contributed by atoms with van der Waals surface area (Å²) in [5.74, 6) is -0.276. The third-order valence-corrected chi connectivity index (χ3v) is 4.17. The number of alkyl halides is 3. The molecule has 124 valence electrons. The summed E-state index contributed by atoms with van der Waals surface area (Å²) >= 11 is 0. The Bertz CT molecular complexity index is 673. The number of sulfone groups is 1. The van der Waals surface area contributed by atoms with E-state index in [0.29, 0.717) is 6.07 Å². The Morgan fingerprint density at radius 3 is 2.32 bits per heavy atom. The van der Waals surface area contributed by atoms with E-state index in [4.69, 9.17) is 0 Å². The van der Waals surface area contributed by atoms with E-state index in [-0.39, 0.29) is 11.4 Å².